The molecule has 5 heteroatoms. The van der Waals surface area contributed by atoms with E-state index < -0.39 is 0 Å². The lowest BCUT2D eigenvalue weighted by molar-refractivity contribution is -0.145. The number of rotatable bonds is 5. The van der Waals surface area contributed by atoms with Crippen molar-refractivity contribution < 1.29 is 9.53 Å². The van der Waals surface area contributed by atoms with Crippen LogP contribution in [0.5, 0.6) is 5.75 Å². The molecular formula is C24H33BrN2O2. The lowest BCUT2D eigenvalue weighted by Gasteiger charge is -2.59. The number of hydrogen-bond donors (Lipinski definition) is 1. The second-order valence-corrected chi connectivity index (χ2v) is 11.9. The van der Waals surface area contributed by atoms with Crippen LogP contribution in [0.4, 0.5) is 0 Å². The van der Waals surface area contributed by atoms with Crippen LogP contribution < -0.4 is 10.1 Å². The largest absolute Gasteiger partial charge is 0.497 e. The Bertz CT molecular complexity index is 760. The summed E-state index contributed by atoms with van der Waals surface area (Å²) in [6.07, 6.45) is 9.31. The summed E-state index contributed by atoms with van der Waals surface area (Å²) in [6.45, 7) is 3.04. The Balaban J connectivity index is 1.15. The molecule has 0 spiro atoms. The topological polar surface area (TPSA) is 41.6 Å². The number of halogens is 1. The Labute approximate surface area is 182 Å². The van der Waals surface area contributed by atoms with Crippen LogP contribution >= 0.6 is 15.9 Å². The van der Waals surface area contributed by atoms with Crippen molar-refractivity contribution in [1.82, 2.24) is 10.2 Å². The van der Waals surface area contributed by atoms with Crippen molar-refractivity contribution >= 4 is 21.8 Å². The number of nitrogens with one attached hydrogen (secondary N) is 1. The van der Waals surface area contributed by atoms with Gasteiger partial charge in [-0.15, -0.1) is 0 Å². The van der Waals surface area contributed by atoms with Crippen molar-refractivity contribution in [3.05, 3.63) is 29.8 Å². The van der Waals surface area contributed by atoms with E-state index in [4.69, 9.17) is 4.74 Å². The number of alkyl halides is 1. The summed E-state index contributed by atoms with van der Waals surface area (Å²) >= 11 is 4.04. The molecule has 2 atom stereocenters. The zero-order valence-corrected chi connectivity index (χ0v) is 19.0. The second-order valence-electron chi connectivity index (χ2n) is 10.3. The molecule has 1 heterocycles. The minimum absolute atomic E-state index is 0.0920. The molecular weight excluding hydrogens is 428 g/mol. The first-order valence-electron chi connectivity index (χ1n) is 11.3. The smallest absolute Gasteiger partial charge is 0.226 e. The third kappa shape index (κ3) is 3.97. The van der Waals surface area contributed by atoms with Gasteiger partial charge >= 0.3 is 0 Å². The maximum atomic E-state index is 13.4. The van der Waals surface area contributed by atoms with Gasteiger partial charge in [0.25, 0.3) is 0 Å². The maximum absolute atomic E-state index is 13.4. The predicted molar refractivity (Wildman–Crippen MR) is 118 cm³/mol. The van der Waals surface area contributed by atoms with Gasteiger partial charge in [0, 0.05) is 30.0 Å². The van der Waals surface area contributed by atoms with E-state index in [0.717, 1.165) is 69.3 Å². The van der Waals surface area contributed by atoms with Crippen molar-refractivity contribution in [1.29, 1.82) is 0 Å². The molecule has 4 nitrogen and oxygen atoms in total. The summed E-state index contributed by atoms with van der Waals surface area (Å²) in [5, 5.41) is 3.49. The highest BCUT2D eigenvalue weighted by Crippen LogP contribution is 2.64. The van der Waals surface area contributed by atoms with Crippen LogP contribution in [-0.4, -0.2) is 41.4 Å². The highest BCUT2D eigenvalue weighted by molar-refractivity contribution is 9.10. The summed E-state index contributed by atoms with van der Waals surface area (Å²) in [5.41, 5.74) is 1.20. The number of amides is 1. The van der Waals surface area contributed by atoms with Crippen LogP contribution in [-0.2, 0) is 11.3 Å². The summed E-state index contributed by atoms with van der Waals surface area (Å²) < 4.78 is 5.59. The number of carbonyl (C=O) groups is 1. The van der Waals surface area contributed by atoms with Gasteiger partial charge in [-0.3, -0.25) is 9.69 Å². The van der Waals surface area contributed by atoms with E-state index in [0.29, 0.717) is 11.9 Å². The van der Waals surface area contributed by atoms with Crippen LogP contribution in [0.2, 0.25) is 0 Å². The number of piperidine rings is 1. The van der Waals surface area contributed by atoms with Crippen LogP contribution in [0, 0.1) is 17.3 Å². The molecule has 1 saturated heterocycles. The molecule has 1 aromatic carbocycles. The first kappa shape index (κ1) is 19.9. The quantitative estimate of drug-likeness (QED) is 0.657. The second kappa shape index (κ2) is 7.56. The van der Waals surface area contributed by atoms with E-state index in [1.807, 2.05) is 6.07 Å². The fourth-order valence-electron chi connectivity index (χ4n) is 7.02. The van der Waals surface area contributed by atoms with E-state index in [2.05, 4.69) is 44.3 Å². The molecule has 29 heavy (non-hydrogen) atoms. The number of carbonyl (C=O) groups excluding carboxylic acids is 1. The fraction of sp³-hybridized carbons (Fsp3) is 0.708. The van der Waals surface area contributed by atoms with Gasteiger partial charge in [0.2, 0.25) is 5.91 Å². The van der Waals surface area contributed by atoms with Gasteiger partial charge in [-0.2, -0.15) is 0 Å². The lowest BCUT2D eigenvalue weighted by Crippen LogP contribution is -2.59. The third-order valence-electron chi connectivity index (χ3n) is 7.93. The molecule has 158 valence electrons. The van der Waals surface area contributed by atoms with Gasteiger partial charge < -0.3 is 10.1 Å². The van der Waals surface area contributed by atoms with Crippen molar-refractivity contribution in [2.24, 2.45) is 17.3 Å². The van der Waals surface area contributed by atoms with Gasteiger partial charge in [0.05, 0.1) is 12.5 Å². The summed E-state index contributed by atoms with van der Waals surface area (Å²) in [4.78, 5) is 15.9. The normalized spacial score (nSPS) is 36.9. The summed E-state index contributed by atoms with van der Waals surface area (Å²) in [6, 6.07) is 8.68. The molecule has 4 bridgehead atoms. The Hall–Kier alpha value is -1.07. The Kier molecular flexibility index (Phi) is 5.18. The minimum Gasteiger partial charge on any atom is -0.497 e. The number of nitrogens with zero attached hydrogens (tertiary/aromatic N) is 1. The molecule has 0 aromatic heterocycles. The number of likely N-dealkylation sites (tertiary alicyclic amines) is 1. The molecule has 4 saturated carbocycles. The van der Waals surface area contributed by atoms with Gasteiger partial charge in [-0.25, -0.2) is 0 Å². The zero-order chi connectivity index (χ0) is 20.1. The van der Waals surface area contributed by atoms with Gasteiger partial charge in [-0.1, -0.05) is 28.1 Å². The molecule has 1 aliphatic heterocycles. The van der Waals surface area contributed by atoms with Crippen molar-refractivity contribution in [2.45, 2.75) is 68.3 Å². The highest BCUT2D eigenvalue weighted by atomic mass is 79.9. The van der Waals surface area contributed by atoms with Crippen molar-refractivity contribution in [2.75, 3.05) is 20.2 Å². The Morgan fingerprint density at radius 3 is 2.59 bits per heavy atom. The van der Waals surface area contributed by atoms with Crippen LogP contribution in [0.1, 0.15) is 56.9 Å². The minimum atomic E-state index is -0.0920. The van der Waals surface area contributed by atoms with E-state index >= 15 is 0 Å². The molecule has 1 aromatic rings. The first-order chi connectivity index (χ1) is 14.0. The van der Waals surface area contributed by atoms with E-state index in [1.54, 1.807) is 7.11 Å². The van der Waals surface area contributed by atoms with E-state index in [-0.39, 0.29) is 9.74 Å². The standard InChI is InChI=1S/C24H33BrN2O2/c1-29-21-4-2-3-17(10-21)15-27-7-5-20(6-8-27)26-22(28)23-11-18-9-19(12-23)14-24(25,13-18)16-23/h2-4,10,18-20H,5-9,11-16H2,1H3,(H,26,28). The van der Waals surface area contributed by atoms with Crippen molar-refractivity contribution in [3.8, 4) is 5.75 Å². The first-order valence-corrected chi connectivity index (χ1v) is 12.1. The average molecular weight is 461 g/mol. The Morgan fingerprint density at radius 1 is 1.21 bits per heavy atom. The number of hydrogen-bond acceptors (Lipinski definition) is 3. The third-order valence-corrected chi connectivity index (χ3v) is 8.86. The summed E-state index contributed by atoms with van der Waals surface area (Å²) in [7, 11) is 1.72. The number of benzene rings is 1. The molecule has 5 fully saturated rings. The fourth-order valence-corrected chi connectivity index (χ4v) is 8.47. The maximum Gasteiger partial charge on any atom is 0.226 e. The zero-order valence-electron chi connectivity index (χ0n) is 17.5. The van der Waals surface area contributed by atoms with Crippen LogP contribution in [0.15, 0.2) is 24.3 Å². The van der Waals surface area contributed by atoms with Crippen molar-refractivity contribution in [3.63, 3.8) is 0 Å². The SMILES string of the molecule is COc1cccc(CN2CCC(NC(=O)C34CC5CC(CC(Br)(C5)C3)C4)CC2)c1. The highest BCUT2D eigenvalue weighted by Gasteiger charge is 2.59. The molecule has 5 aliphatic rings. The Morgan fingerprint density at radius 2 is 1.93 bits per heavy atom. The van der Waals surface area contributed by atoms with Gasteiger partial charge in [0.1, 0.15) is 5.75 Å². The molecule has 6 rings (SSSR count). The predicted octanol–water partition coefficient (Wildman–Crippen LogP) is 4.51. The lowest BCUT2D eigenvalue weighted by atomic mass is 9.49. The van der Waals surface area contributed by atoms with E-state index in [9.17, 15) is 4.79 Å². The molecule has 1 amide bonds. The molecule has 4 aliphatic carbocycles. The summed E-state index contributed by atoms with van der Waals surface area (Å²) in [5.74, 6) is 2.80. The monoisotopic (exact) mass is 460 g/mol. The average Bonchev–Trinajstić information content (AvgIpc) is 2.68. The molecule has 0 radical (unpaired) electrons. The van der Waals surface area contributed by atoms with Gasteiger partial charge in [-0.05, 0) is 80.9 Å². The number of ether oxygens (including phenoxy) is 1. The van der Waals surface area contributed by atoms with Crippen LogP contribution in [0.3, 0.4) is 0 Å². The number of methoxy groups -OCH3 is 1. The molecule has 1 N–H and O–H groups in total. The van der Waals surface area contributed by atoms with Gasteiger partial charge in [0.15, 0.2) is 0 Å². The molecule has 2 unspecified atom stereocenters. The van der Waals surface area contributed by atoms with Crippen LogP contribution in [0.25, 0.3) is 0 Å². The van der Waals surface area contributed by atoms with E-state index in [1.165, 1.54) is 24.8 Å².